The fraction of sp³-hybridized carbons (Fsp3) is 0.714. The second kappa shape index (κ2) is 5.84. The van der Waals surface area contributed by atoms with Crippen LogP contribution in [-0.4, -0.2) is 54.6 Å². The number of halogens is 2. The minimum Gasteiger partial charge on any atom is -0.481 e. The number of amides is 2. The number of fused-ring (bicyclic) bond motifs is 5. The maximum absolute atomic E-state index is 12.7. The van der Waals surface area contributed by atoms with E-state index in [1.54, 1.807) is 0 Å². The van der Waals surface area contributed by atoms with Crippen LogP contribution in [0.2, 0.25) is 0 Å². The van der Waals surface area contributed by atoms with Gasteiger partial charge in [0.1, 0.15) is 6.04 Å². The fourth-order valence-corrected chi connectivity index (χ4v) is 6.18. The Hall–Kier alpha value is -0.960. The van der Waals surface area contributed by atoms with E-state index >= 15 is 0 Å². The quantitative estimate of drug-likeness (QED) is 0.476. The maximum atomic E-state index is 12.7. The van der Waals surface area contributed by atoms with Crippen molar-refractivity contribution < 1.29 is 29.4 Å². The molecule has 7 atom stereocenters. The molecule has 0 radical (unpaired) electrons. The van der Waals surface area contributed by atoms with Crippen molar-refractivity contribution in [2.75, 3.05) is 0 Å². The van der Waals surface area contributed by atoms with Crippen LogP contribution in [0.4, 0.5) is 0 Å². The van der Waals surface area contributed by atoms with Gasteiger partial charge in [0.25, 0.3) is 0 Å². The van der Waals surface area contributed by atoms with Gasteiger partial charge >= 0.3 is 11.9 Å². The van der Waals surface area contributed by atoms with E-state index in [-0.39, 0.29) is 27.9 Å². The highest BCUT2D eigenvalue weighted by Gasteiger charge is 2.67. The summed E-state index contributed by atoms with van der Waals surface area (Å²) in [4.78, 5) is 48.5. The molecule has 0 spiro atoms. The largest absolute Gasteiger partial charge is 0.481 e. The molecule has 3 rings (SSSR count). The number of nitrogens with zero attached hydrogens (tertiary/aromatic N) is 1. The van der Waals surface area contributed by atoms with Crippen molar-refractivity contribution in [1.82, 2.24) is 4.90 Å². The first kappa shape index (κ1) is 16.9. The van der Waals surface area contributed by atoms with Gasteiger partial charge in [-0.2, -0.15) is 0 Å². The second-order valence-corrected chi connectivity index (χ2v) is 8.45. The number of rotatable bonds is 5. The first-order valence-corrected chi connectivity index (χ1v) is 9.18. The lowest BCUT2D eigenvalue weighted by Crippen LogP contribution is -2.46. The number of carboxylic acid groups (broad SMARTS) is 2. The van der Waals surface area contributed by atoms with Crippen LogP contribution in [0, 0.1) is 23.7 Å². The van der Waals surface area contributed by atoms with Crippen molar-refractivity contribution in [3.8, 4) is 0 Å². The number of carbonyl (C=O) groups is 4. The molecule has 0 unspecified atom stereocenters. The molecular weight excluding hydrogens is 438 g/mol. The van der Waals surface area contributed by atoms with Crippen LogP contribution < -0.4 is 0 Å². The first-order chi connectivity index (χ1) is 10.8. The van der Waals surface area contributed by atoms with Crippen LogP contribution in [-0.2, 0) is 19.2 Å². The van der Waals surface area contributed by atoms with Crippen LogP contribution in [0.15, 0.2) is 0 Å². The van der Waals surface area contributed by atoms with E-state index in [9.17, 15) is 24.3 Å². The molecule has 2 N–H and O–H groups in total. The van der Waals surface area contributed by atoms with Crippen LogP contribution in [0.1, 0.15) is 19.3 Å². The monoisotopic (exact) mass is 451 g/mol. The van der Waals surface area contributed by atoms with Gasteiger partial charge in [-0.25, -0.2) is 4.79 Å². The van der Waals surface area contributed by atoms with Crippen molar-refractivity contribution in [3.63, 3.8) is 0 Å². The van der Waals surface area contributed by atoms with Crippen LogP contribution in [0.3, 0.4) is 0 Å². The van der Waals surface area contributed by atoms with Crippen LogP contribution >= 0.6 is 31.9 Å². The van der Waals surface area contributed by atoms with Crippen LogP contribution in [0.25, 0.3) is 0 Å². The second-order valence-electron chi connectivity index (χ2n) is 6.34. The highest BCUT2D eigenvalue weighted by Crippen LogP contribution is 2.60. The fourth-order valence-electron chi connectivity index (χ4n) is 4.30. The zero-order chi connectivity index (χ0) is 17.0. The molecule has 2 aliphatic carbocycles. The van der Waals surface area contributed by atoms with Gasteiger partial charge in [-0.05, 0) is 24.7 Å². The zero-order valence-electron chi connectivity index (χ0n) is 11.9. The summed E-state index contributed by atoms with van der Waals surface area (Å²) in [5.41, 5.74) is 0. The minimum atomic E-state index is -1.40. The lowest BCUT2D eigenvalue weighted by Gasteiger charge is -2.28. The topological polar surface area (TPSA) is 112 Å². The van der Waals surface area contributed by atoms with E-state index in [1.165, 1.54) is 0 Å². The summed E-state index contributed by atoms with van der Waals surface area (Å²) in [6, 6.07) is -1.40. The Labute approximate surface area is 148 Å². The molecule has 23 heavy (non-hydrogen) atoms. The highest BCUT2D eigenvalue weighted by atomic mass is 79.9. The standard InChI is InChI=1S/C14H15Br2NO6/c15-10-4-3-5(11(10)16)9-8(4)12(20)17(13(9)21)6(14(22)23)1-2-7(18)19/h4-6,8-11H,1-3H2,(H,18,19)(H,22,23)/t4-,5+,6-,8-,9+,10+,11-/m0/s1. The summed E-state index contributed by atoms with van der Waals surface area (Å²) < 4.78 is 0. The third kappa shape index (κ3) is 2.43. The summed E-state index contributed by atoms with van der Waals surface area (Å²) in [5.74, 6) is -4.39. The molecule has 126 valence electrons. The molecule has 1 aliphatic heterocycles. The highest BCUT2D eigenvalue weighted by molar-refractivity contribution is 9.12. The summed E-state index contributed by atoms with van der Waals surface area (Å²) in [6.07, 6.45) is 0.0874. The van der Waals surface area contributed by atoms with E-state index in [4.69, 9.17) is 5.11 Å². The van der Waals surface area contributed by atoms with Crippen molar-refractivity contribution in [3.05, 3.63) is 0 Å². The van der Waals surface area contributed by atoms with Crippen LogP contribution in [0.5, 0.6) is 0 Å². The normalized spacial score (nSPS) is 39.7. The molecule has 0 aromatic rings. The first-order valence-electron chi connectivity index (χ1n) is 7.35. The Balaban J connectivity index is 1.87. The molecule has 0 aromatic carbocycles. The van der Waals surface area contributed by atoms with Gasteiger partial charge in [0.15, 0.2) is 0 Å². The van der Waals surface area contributed by atoms with E-state index in [1.807, 2.05) is 0 Å². The molecule has 2 saturated carbocycles. The van der Waals surface area contributed by atoms with Gasteiger partial charge in [0.05, 0.1) is 11.8 Å². The molecule has 0 aromatic heterocycles. The van der Waals surface area contributed by atoms with Crippen molar-refractivity contribution in [2.45, 2.75) is 35.0 Å². The third-order valence-electron chi connectivity index (χ3n) is 5.25. The van der Waals surface area contributed by atoms with E-state index in [0.29, 0.717) is 0 Å². The van der Waals surface area contributed by atoms with Crippen molar-refractivity contribution in [2.24, 2.45) is 23.7 Å². The molecule has 3 fully saturated rings. The lowest BCUT2D eigenvalue weighted by atomic mass is 9.81. The Kier molecular flexibility index (Phi) is 4.29. The van der Waals surface area contributed by atoms with Gasteiger partial charge in [0, 0.05) is 16.1 Å². The predicted octanol–water partition coefficient (Wildman–Crippen LogP) is 1.08. The zero-order valence-corrected chi connectivity index (χ0v) is 15.1. The summed E-state index contributed by atoms with van der Waals surface area (Å²) >= 11 is 7.11. The van der Waals surface area contributed by atoms with Gasteiger partial charge in [-0.15, -0.1) is 0 Å². The molecule has 1 saturated heterocycles. The van der Waals surface area contributed by atoms with Gasteiger partial charge < -0.3 is 10.2 Å². The number of alkyl halides is 2. The smallest absolute Gasteiger partial charge is 0.326 e. The lowest BCUT2D eigenvalue weighted by molar-refractivity contribution is -0.156. The maximum Gasteiger partial charge on any atom is 0.326 e. The third-order valence-corrected chi connectivity index (χ3v) is 8.46. The molecule has 7 nitrogen and oxygen atoms in total. The van der Waals surface area contributed by atoms with E-state index in [0.717, 1.165) is 11.3 Å². The SMILES string of the molecule is O=C(O)CC[C@@H](C(=O)O)N1C(=O)[C@@H]2[C@H]3C[C@H]([C@@H](Br)[C@H]3Br)[C@@H]2C1=O. The number of imide groups is 1. The van der Waals surface area contributed by atoms with Gasteiger partial charge in [-0.1, -0.05) is 31.9 Å². The number of hydrogen-bond donors (Lipinski definition) is 2. The van der Waals surface area contributed by atoms with Crippen molar-refractivity contribution in [1.29, 1.82) is 0 Å². The summed E-state index contributed by atoms with van der Waals surface area (Å²) in [6.45, 7) is 0. The molecule has 2 bridgehead atoms. The number of aliphatic carboxylic acids is 2. The van der Waals surface area contributed by atoms with E-state index in [2.05, 4.69) is 31.9 Å². The minimum absolute atomic E-state index is 0.00439. The average Bonchev–Trinajstić information content (AvgIpc) is 3.06. The predicted molar refractivity (Wildman–Crippen MR) is 84.2 cm³/mol. The Bertz CT molecular complexity index is 564. The molecule has 3 aliphatic rings. The van der Waals surface area contributed by atoms with E-state index < -0.39 is 48.1 Å². The summed E-state index contributed by atoms with van der Waals surface area (Å²) in [5, 5.41) is 18.1. The Morgan fingerprint density at radius 1 is 1.09 bits per heavy atom. The molecule has 2 amide bonds. The molecule has 9 heteroatoms. The Morgan fingerprint density at radius 3 is 1.96 bits per heavy atom. The molecular formula is C14H15Br2NO6. The van der Waals surface area contributed by atoms with Crippen molar-refractivity contribution >= 4 is 55.6 Å². The number of likely N-dealkylation sites (tertiary alicyclic amines) is 1. The number of hydrogen-bond acceptors (Lipinski definition) is 4. The summed E-state index contributed by atoms with van der Waals surface area (Å²) in [7, 11) is 0. The Morgan fingerprint density at radius 2 is 1.57 bits per heavy atom. The number of carboxylic acids is 2. The molecule has 1 heterocycles. The average molecular weight is 453 g/mol. The number of carbonyl (C=O) groups excluding carboxylic acids is 2. The van der Waals surface area contributed by atoms with Gasteiger partial charge in [-0.3, -0.25) is 19.3 Å². The van der Waals surface area contributed by atoms with Gasteiger partial charge in [0.2, 0.25) is 11.8 Å².